The van der Waals surface area contributed by atoms with E-state index in [2.05, 4.69) is 30.4 Å². The topological polar surface area (TPSA) is 112 Å². The van der Waals surface area contributed by atoms with E-state index in [1.807, 2.05) is 10.6 Å². The fraction of sp³-hybridized carbons (Fsp3) is 0. The standard InChI is InChI=1S/C13H11N9/c14-22-8-9(5-19-22)10-6-18-13-12(17-3-4-21(10)13)20-11-7-15-1-2-16-11/h1-8H,14H2,(H,16,17,20). The Labute approximate surface area is 124 Å². The van der Waals surface area contributed by atoms with Gasteiger partial charge in [-0.1, -0.05) is 0 Å². The monoisotopic (exact) mass is 293 g/mol. The minimum Gasteiger partial charge on any atom is -0.323 e. The third kappa shape index (κ3) is 2.00. The lowest BCUT2D eigenvalue weighted by Gasteiger charge is -2.05. The second-order valence-electron chi connectivity index (χ2n) is 4.54. The van der Waals surface area contributed by atoms with E-state index in [1.54, 1.807) is 43.4 Å². The van der Waals surface area contributed by atoms with Crippen LogP contribution >= 0.6 is 0 Å². The number of rotatable bonds is 3. The number of nitrogen functional groups attached to an aromatic ring is 1. The largest absolute Gasteiger partial charge is 0.323 e. The van der Waals surface area contributed by atoms with Crippen LogP contribution in [0.25, 0.3) is 16.9 Å². The minimum absolute atomic E-state index is 0.592. The molecule has 0 saturated heterocycles. The van der Waals surface area contributed by atoms with Crippen LogP contribution in [-0.4, -0.2) is 34.2 Å². The number of anilines is 2. The van der Waals surface area contributed by atoms with Crippen molar-refractivity contribution in [1.29, 1.82) is 0 Å². The average Bonchev–Trinajstić information content (AvgIpc) is 3.15. The first kappa shape index (κ1) is 12.3. The summed E-state index contributed by atoms with van der Waals surface area (Å²) in [6, 6.07) is 0. The van der Waals surface area contributed by atoms with Crippen molar-refractivity contribution in [3.63, 3.8) is 0 Å². The molecule has 0 aliphatic carbocycles. The maximum Gasteiger partial charge on any atom is 0.180 e. The van der Waals surface area contributed by atoms with Gasteiger partial charge < -0.3 is 11.2 Å². The lowest BCUT2D eigenvalue weighted by atomic mass is 10.3. The smallest absolute Gasteiger partial charge is 0.180 e. The maximum atomic E-state index is 5.60. The maximum absolute atomic E-state index is 5.60. The first-order valence-electron chi connectivity index (χ1n) is 6.46. The summed E-state index contributed by atoms with van der Waals surface area (Å²) in [4.78, 5) is 18.2. The Hall–Kier alpha value is -3.49. The van der Waals surface area contributed by atoms with Crippen molar-refractivity contribution < 1.29 is 0 Å². The number of nitrogens with two attached hydrogens (primary N) is 1. The number of hydrogen-bond acceptors (Lipinski definition) is 7. The van der Waals surface area contributed by atoms with E-state index < -0.39 is 0 Å². The van der Waals surface area contributed by atoms with Crippen LogP contribution in [0.5, 0.6) is 0 Å². The predicted molar refractivity (Wildman–Crippen MR) is 79.7 cm³/mol. The van der Waals surface area contributed by atoms with Gasteiger partial charge in [-0.15, -0.1) is 0 Å². The third-order valence-electron chi connectivity index (χ3n) is 3.13. The highest BCUT2D eigenvalue weighted by Gasteiger charge is 2.12. The van der Waals surface area contributed by atoms with Gasteiger partial charge in [-0.3, -0.25) is 9.38 Å². The molecule has 0 saturated carbocycles. The number of hydrogen-bond donors (Lipinski definition) is 2. The van der Waals surface area contributed by atoms with Gasteiger partial charge in [0.15, 0.2) is 11.5 Å². The zero-order valence-corrected chi connectivity index (χ0v) is 11.3. The summed E-state index contributed by atoms with van der Waals surface area (Å²) < 4.78 is 1.91. The van der Waals surface area contributed by atoms with Crippen molar-refractivity contribution in [1.82, 2.24) is 34.2 Å². The van der Waals surface area contributed by atoms with Gasteiger partial charge in [-0.25, -0.2) is 15.0 Å². The molecule has 0 aromatic carbocycles. The SMILES string of the molecule is Nn1cc(-c2cnc3c(Nc4cnccn4)nccn23)cn1. The van der Waals surface area contributed by atoms with Crippen molar-refractivity contribution in [2.24, 2.45) is 0 Å². The van der Waals surface area contributed by atoms with Gasteiger partial charge in [0.05, 0.1) is 30.5 Å². The van der Waals surface area contributed by atoms with E-state index >= 15 is 0 Å². The normalized spacial score (nSPS) is 10.9. The molecule has 4 rings (SSSR count). The molecule has 0 unspecified atom stereocenters. The Balaban J connectivity index is 1.80. The molecule has 0 bridgehead atoms. The van der Waals surface area contributed by atoms with Crippen LogP contribution in [0.1, 0.15) is 0 Å². The van der Waals surface area contributed by atoms with Crippen molar-refractivity contribution in [2.75, 3.05) is 11.2 Å². The molecule has 0 aliphatic rings. The van der Waals surface area contributed by atoms with E-state index in [1.165, 1.54) is 4.79 Å². The highest BCUT2D eigenvalue weighted by Crippen LogP contribution is 2.23. The highest BCUT2D eigenvalue weighted by molar-refractivity contribution is 5.72. The Morgan fingerprint density at radius 2 is 1.95 bits per heavy atom. The average molecular weight is 293 g/mol. The predicted octanol–water partition coefficient (Wildman–Crippen LogP) is 0.840. The summed E-state index contributed by atoms with van der Waals surface area (Å²) in [5, 5.41) is 7.08. The van der Waals surface area contributed by atoms with Crippen LogP contribution in [0.4, 0.5) is 11.6 Å². The van der Waals surface area contributed by atoms with E-state index in [0.29, 0.717) is 17.3 Å². The number of aromatic nitrogens is 7. The van der Waals surface area contributed by atoms with Crippen molar-refractivity contribution in [2.45, 2.75) is 0 Å². The van der Waals surface area contributed by atoms with Crippen LogP contribution in [0.2, 0.25) is 0 Å². The molecule has 0 radical (unpaired) electrons. The summed E-state index contributed by atoms with van der Waals surface area (Å²) in [6.07, 6.45) is 13.5. The van der Waals surface area contributed by atoms with Gasteiger partial charge in [-0.05, 0) is 0 Å². The molecule has 22 heavy (non-hydrogen) atoms. The van der Waals surface area contributed by atoms with Crippen molar-refractivity contribution >= 4 is 17.3 Å². The summed E-state index contributed by atoms with van der Waals surface area (Å²) in [7, 11) is 0. The number of nitrogens with one attached hydrogen (secondary N) is 1. The van der Waals surface area contributed by atoms with Crippen molar-refractivity contribution in [3.8, 4) is 11.3 Å². The van der Waals surface area contributed by atoms with Crippen LogP contribution in [0, 0.1) is 0 Å². The van der Waals surface area contributed by atoms with Gasteiger partial charge in [-0.2, -0.15) is 9.89 Å². The molecule has 9 nitrogen and oxygen atoms in total. The van der Waals surface area contributed by atoms with E-state index in [0.717, 1.165) is 11.3 Å². The molecule has 4 aromatic rings. The van der Waals surface area contributed by atoms with Gasteiger partial charge >= 0.3 is 0 Å². The Bertz CT molecular complexity index is 925. The lowest BCUT2D eigenvalue weighted by molar-refractivity contribution is 0.832. The van der Waals surface area contributed by atoms with Gasteiger partial charge in [0.2, 0.25) is 0 Å². The van der Waals surface area contributed by atoms with E-state index in [-0.39, 0.29) is 0 Å². The zero-order valence-electron chi connectivity index (χ0n) is 11.3. The molecule has 3 N–H and O–H groups in total. The summed E-state index contributed by atoms with van der Waals surface area (Å²) in [6.45, 7) is 0. The molecule has 0 aliphatic heterocycles. The lowest BCUT2D eigenvalue weighted by Crippen LogP contribution is -2.07. The number of fused-ring (bicyclic) bond motifs is 1. The summed E-state index contributed by atoms with van der Waals surface area (Å²) >= 11 is 0. The Kier molecular flexibility index (Phi) is 2.68. The molecule has 0 atom stereocenters. The fourth-order valence-electron chi connectivity index (χ4n) is 2.18. The van der Waals surface area contributed by atoms with Crippen LogP contribution < -0.4 is 11.2 Å². The van der Waals surface area contributed by atoms with Crippen LogP contribution in [-0.2, 0) is 0 Å². The highest BCUT2D eigenvalue weighted by atomic mass is 15.5. The fourth-order valence-corrected chi connectivity index (χ4v) is 2.18. The first-order chi connectivity index (χ1) is 10.8. The van der Waals surface area contributed by atoms with E-state index in [4.69, 9.17) is 5.84 Å². The minimum atomic E-state index is 0.592. The molecule has 108 valence electrons. The van der Waals surface area contributed by atoms with Gasteiger partial charge in [0, 0.05) is 30.4 Å². The van der Waals surface area contributed by atoms with Crippen molar-refractivity contribution in [3.05, 3.63) is 49.6 Å². The molecule has 4 aromatic heterocycles. The molecular formula is C13H11N9. The van der Waals surface area contributed by atoms with Crippen LogP contribution in [0.15, 0.2) is 49.6 Å². The van der Waals surface area contributed by atoms with E-state index in [9.17, 15) is 0 Å². The molecule has 0 amide bonds. The molecule has 0 spiro atoms. The van der Waals surface area contributed by atoms with Gasteiger partial charge in [0.25, 0.3) is 0 Å². The third-order valence-corrected chi connectivity index (χ3v) is 3.13. The summed E-state index contributed by atoms with van der Waals surface area (Å²) in [5.74, 6) is 6.79. The second kappa shape index (κ2) is 4.81. The molecular weight excluding hydrogens is 282 g/mol. The molecule has 4 heterocycles. The zero-order chi connectivity index (χ0) is 14.9. The number of nitrogens with zero attached hydrogens (tertiary/aromatic N) is 7. The Morgan fingerprint density at radius 1 is 1.00 bits per heavy atom. The summed E-state index contributed by atoms with van der Waals surface area (Å²) in [5.41, 5.74) is 2.41. The molecule has 0 fully saturated rings. The van der Waals surface area contributed by atoms with Crippen LogP contribution in [0.3, 0.4) is 0 Å². The number of imidazole rings is 1. The Morgan fingerprint density at radius 3 is 2.73 bits per heavy atom. The molecule has 9 heteroatoms. The van der Waals surface area contributed by atoms with Gasteiger partial charge in [0.1, 0.15) is 5.82 Å². The first-order valence-corrected chi connectivity index (χ1v) is 6.46. The second-order valence-corrected chi connectivity index (χ2v) is 4.54. The quantitative estimate of drug-likeness (QED) is 0.538.